The summed E-state index contributed by atoms with van der Waals surface area (Å²) in [5.41, 5.74) is 1.64. The van der Waals surface area contributed by atoms with Crippen LogP contribution >= 0.6 is 0 Å². The summed E-state index contributed by atoms with van der Waals surface area (Å²) in [5, 5.41) is 11.4. The van der Waals surface area contributed by atoms with Crippen LogP contribution in [0.1, 0.15) is 39.0 Å². The highest BCUT2D eigenvalue weighted by atomic mass is 16.6. The van der Waals surface area contributed by atoms with E-state index in [4.69, 9.17) is 18.6 Å². The molecule has 9 heteroatoms. The monoisotopic (exact) mass is 485 g/mol. The van der Waals surface area contributed by atoms with Crippen LogP contribution in [-0.2, 0) is 0 Å². The van der Waals surface area contributed by atoms with Gasteiger partial charge >= 0.3 is 5.97 Å². The second-order valence-corrected chi connectivity index (χ2v) is 7.96. The first-order valence-corrected chi connectivity index (χ1v) is 11.0. The minimum absolute atomic E-state index is 0.0553. The van der Waals surface area contributed by atoms with Gasteiger partial charge in [-0.15, -0.1) is 0 Å². The van der Waals surface area contributed by atoms with E-state index in [1.54, 1.807) is 25.1 Å². The number of furan rings is 1. The molecule has 180 valence electrons. The van der Waals surface area contributed by atoms with Gasteiger partial charge in [-0.25, -0.2) is 4.79 Å². The van der Waals surface area contributed by atoms with Crippen molar-refractivity contribution in [3.05, 3.63) is 99.0 Å². The number of allylic oxidation sites excluding steroid dienone is 1. The molecule has 9 nitrogen and oxygen atoms in total. The Hall–Kier alpha value is -4.92. The van der Waals surface area contributed by atoms with E-state index in [1.165, 1.54) is 48.5 Å². The fourth-order valence-electron chi connectivity index (χ4n) is 3.94. The zero-order valence-electron chi connectivity index (χ0n) is 19.3. The van der Waals surface area contributed by atoms with Crippen LogP contribution in [0.3, 0.4) is 0 Å². The average Bonchev–Trinajstić information content (AvgIpc) is 3.34. The molecule has 3 aromatic carbocycles. The van der Waals surface area contributed by atoms with Gasteiger partial charge in [-0.2, -0.15) is 0 Å². The highest BCUT2D eigenvalue weighted by molar-refractivity contribution is 6.14. The van der Waals surface area contributed by atoms with Crippen molar-refractivity contribution in [2.24, 2.45) is 0 Å². The number of non-ortho nitro benzene ring substituents is 1. The van der Waals surface area contributed by atoms with Crippen molar-refractivity contribution in [3.63, 3.8) is 0 Å². The van der Waals surface area contributed by atoms with Crippen LogP contribution in [0.5, 0.6) is 17.2 Å². The standard InChI is InChI=1S/C27H19NO8/c1-3-33-18-9-11-22-21(13-18)25(15(2)34-22)27(30)35-19-8-10-20-23(14-19)36-24(26(20)29)12-16-4-6-17(7-5-16)28(31)32/h4-14H,3H2,1-2H3. The topological polar surface area (TPSA) is 118 Å². The molecule has 0 fully saturated rings. The number of benzene rings is 3. The summed E-state index contributed by atoms with van der Waals surface area (Å²) in [6, 6.07) is 15.4. The highest BCUT2D eigenvalue weighted by Gasteiger charge is 2.29. The number of esters is 1. The number of Topliss-reactive ketones (excluding diaryl/α,β-unsaturated/α-hetero) is 1. The van der Waals surface area contributed by atoms with Crippen LogP contribution in [0.15, 0.2) is 70.8 Å². The Morgan fingerprint density at radius 3 is 2.53 bits per heavy atom. The summed E-state index contributed by atoms with van der Waals surface area (Å²) >= 11 is 0. The molecular formula is C27H19NO8. The number of hydrogen-bond donors (Lipinski definition) is 0. The van der Waals surface area contributed by atoms with Crippen LogP contribution in [0.25, 0.3) is 17.0 Å². The summed E-state index contributed by atoms with van der Waals surface area (Å²) in [6.07, 6.45) is 1.49. The molecule has 1 aliphatic rings. The first-order chi connectivity index (χ1) is 17.3. The number of carbonyl (C=O) groups excluding carboxylic acids is 2. The fourth-order valence-corrected chi connectivity index (χ4v) is 3.94. The van der Waals surface area contributed by atoms with Gasteiger partial charge < -0.3 is 18.6 Å². The van der Waals surface area contributed by atoms with Gasteiger partial charge in [-0.1, -0.05) is 0 Å². The van der Waals surface area contributed by atoms with E-state index in [2.05, 4.69) is 0 Å². The number of rotatable bonds is 6. The molecule has 36 heavy (non-hydrogen) atoms. The van der Waals surface area contributed by atoms with Crippen LogP contribution in [-0.4, -0.2) is 23.3 Å². The zero-order valence-corrected chi connectivity index (χ0v) is 19.3. The Bertz CT molecular complexity index is 1560. The summed E-state index contributed by atoms with van der Waals surface area (Å²) in [4.78, 5) is 36.1. The lowest BCUT2D eigenvalue weighted by molar-refractivity contribution is -0.384. The number of aryl methyl sites for hydroxylation is 1. The lowest BCUT2D eigenvalue weighted by atomic mass is 10.1. The van der Waals surface area contributed by atoms with E-state index < -0.39 is 10.9 Å². The van der Waals surface area contributed by atoms with Gasteiger partial charge in [0.2, 0.25) is 5.78 Å². The quantitative estimate of drug-likeness (QED) is 0.109. The Kier molecular flexibility index (Phi) is 5.73. The van der Waals surface area contributed by atoms with E-state index in [0.29, 0.717) is 40.2 Å². The van der Waals surface area contributed by atoms with E-state index in [-0.39, 0.29) is 34.3 Å². The SMILES string of the molecule is CCOc1ccc2oc(C)c(C(=O)Oc3ccc4c(c3)OC(=Cc3ccc([N+](=O)[O-])cc3)C4=O)c2c1. The second kappa shape index (κ2) is 9.03. The third kappa shape index (κ3) is 4.18. The van der Waals surface area contributed by atoms with Gasteiger partial charge in [0.1, 0.15) is 34.2 Å². The first-order valence-electron chi connectivity index (χ1n) is 11.0. The van der Waals surface area contributed by atoms with Crippen LogP contribution in [0, 0.1) is 17.0 Å². The van der Waals surface area contributed by atoms with Crippen molar-refractivity contribution >= 4 is 34.5 Å². The Morgan fingerprint density at radius 1 is 1.06 bits per heavy atom. The second-order valence-electron chi connectivity index (χ2n) is 7.96. The minimum atomic E-state index is -0.620. The van der Waals surface area contributed by atoms with Crippen molar-refractivity contribution in [3.8, 4) is 17.2 Å². The number of nitro benzene ring substituents is 1. The maximum absolute atomic E-state index is 13.0. The van der Waals surface area contributed by atoms with Crippen LogP contribution < -0.4 is 14.2 Å². The smallest absolute Gasteiger partial charge is 0.347 e. The molecule has 0 saturated heterocycles. The van der Waals surface area contributed by atoms with Crippen molar-refractivity contribution in [1.29, 1.82) is 0 Å². The molecule has 0 amide bonds. The fraction of sp³-hybridized carbons (Fsp3) is 0.111. The molecule has 5 rings (SSSR count). The normalized spacial score (nSPS) is 13.5. The Labute approximate surface area is 204 Å². The molecular weight excluding hydrogens is 466 g/mol. The number of fused-ring (bicyclic) bond motifs is 2. The molecule has 1 aromatic heterocycles. The van der Waals surface area contributed by atoms with Gasteiger partial charge in [0.05, 0.1) is 17.1 Å². The van der Waals surface area contributed by atoms with Crippen molar-refractivity contribution in [1.82, 2.24) is 0 Å². The number of carbonyl (C=O) groups is 2. The summed E-state index contributed by atoms with van der Waals surface area (Å²) in [7, 11) is 0. The lowest BCUT2D eigenvalue weighted by Crippen LogP contribution is -2.09. The number of ketones is 1. The third-order valence-corrected chi connectivity index (χ3v) is 5.60. The van der Waals surface area contributed by atoms with Crippen LogP contribution in [0.2, 0.25) is 0 Å². The molecule has 0 unspecified atom stereocenters. The predicted molar refractivity (Wildman–Crippen MR) is 130 cm³/mol. The van der Waals surface area contributed by atoms with E-state index in [9.17, 15) is 19.7 Å². The molecule has 0 aliphatic carbocycles. The molecule has 0 N–H and O–H groups in total. The number of nitro groups is 1. The van der Waals surface area contributed by atoms with Gasteiger partial charge in [-0.05, 0) is 68.0 Å². The van der Waals surface area contributed by atoms with Crippen molar-refractivity contribution in [2.45, 2.75) is 13.8 Å². The first kappa shape index (κ1) is 22.9. The minimum Gasteiger partial charge on any atom is -0.494 e. The number of ether oxygens (including phenoxy) is 3. The number of nitrogens with zero attached hydrogens (tertiary/aromatic N) is 1. The molecule has 0 radical (unpaired) electrons. The van der Waals surface area contributed by atoms with Gasteiger partial charge in [0.25, 0.3) is 5.69 Å². The summed E-state index contributed by atoms with van der Waals surface area (Å²) in [5.74, 6) is 0.541. The zero-order chi connectivity index (χ0) is 25.4. The maximum atomic E-state index is 13.0. The molecule has 0 atom stereocenters. The number of hydrogen-bond acceptors (Lipinski definition) is 8. The summed E-state index contributed by atoms with van der Waals surface area (Å²) < 4.78 is 22.5. The predicted octanol–water partition coefficient (Wildman–Crippen LogP) is 5.88. The van der Waals surface area contributed by atoms with Gasteiger partial charge in [0.15, 0.2) is 5.76 Å². The van der Waals surface area contributed by atoms with Crippen LogP contribution in [0.4, 0.5) is 5.69 Å². The molecule has 2 heterocycles. The molecule has 0 bridgehead atoms. The van der Waals surface area contributed by atoms with Gasteiger partial charge in [-0.3, -0.25) is 14.9 Å². The van der Waals surface area contributed by atoms with E-state index >= 15 is 0 Å². The molecule has 4 aromatic rings. The average molecular weight is 485 g/mol. The van der Waals surface area contributed by atoms with E-state index in [0.717, 1.165) is 0 Å². The van der Waals surface area contributed by atoms with E-state index in [1.807, 2.05) is 6.92 Å². The van der Waals surface area contributed by atoms with Crippen molar-refractivity contribution in [2.75, 3.05) is 6.61 Å². The molecule has 1 aliphatic heterocycles. The van der Waals surface area contributed by atoms with Crippen molar-refractivity contribution < 1.29 is 33.1 Å². The lowest BCUT2D eigenvalue weighted by Gasteiger charge is -2.06. The highest BCUT2D eigenvalue weighted by Crippen LogP contribution is 2.36. The largest absolute Gasteiger partial charge is 0.494 e. The molecule has 0 spiro atoms. The summed E-state index contributed by atoms with van der Waals surface area (Å²) in [6.45, 7) is 4.03. The Balaban J connectivity index is 1.38. The third-order valence-electron chi connectivity index (χ3n) is 5.60. The molecule has 0 saturated carbocycles. The maximum Gasteiger partial charge on any atom is 0.347 e. The van der Waals surface area contributed by atoms with Gasteiger partial charge in [0, 0.05) is 23.6 Å². The Morgan fingerprint density at radius 2 is 1.81 bits per heavy atom.